The quantitative estimate of drug-likeness (QED) is 0.731. The molecule has 0 aromatic heterocycles. The Morgan fingerprint density at radius 3 is 2.19 bits per heavy atom. The molecule has 1 saturated heterocycles. The Bertz CT molecular complexity index is 344. The van der Waals surface area contributed by atoms with Gasteiger partial charge >= 0.3 is 0 Å². The predicted octanol–water partition coefficient (Wildman–Crippen LogP) is 3.47. The Morgan fingerprint density at radius 2 is 1.69 bits per heavy atom. The van der Waals surface area contributed by atoms with E-state index in [1.54, 1.807) is 4.90 Å². The van der Waals surface area contributed by atoms with Gasteiger partial charge in [-0.05, 0) is 56.9 Å². The van der Waals surface area contributed by atoms with E-state index in [0.29, 0.717) is 10.9 Å². The van der Waals surface area contributed by atoms with Gasteiger partial charge in [-0.2, -0.15) is 0 Å². The van der Waals surface area contributed by atoms with Crippen LogP contribution in [0.15, 0.2) is 17.0 Å². The van der Waals surface area contributed by atoms with Crippen molar-refractivity contribution in [1.82, 2.24) is 0 Å². The molecule has 0 amide bonds. The van der Waals surface area contributed by atoms with Crippen molar-refractivity contribution < 1.29 is 4.74 Å². The molecule has 2 rings (SSSR count). The molecule has 0 saturated carbocycles. The molecule has 0 spiro atoms. The van der Waals surface area contributed by atoms with Crippen molar-refractivity contribution in [2.75, 3.05) is 18.1 Å². The lowest BCUT2D eigenvalue weighted by atomic mass is 10.1. The van der Waals surface area contributed by atoms with Crippen molar-refractivity contribution in [2.45, 2.75) is 38.5 Å². The SMILES string of the molecule is CCOc1c(C)cc([S+]2CCCC2)cc1C. The summed E-state index contributed by atoms with van der Waals surface area (Å²) in [6, 6.07) is 4.68. The third-order valence-electron chi connectivity index (χ3n) is 3.09. The topological polar surface area (TPSA) is 9.23 Å². The third-order valence-corrected chi connectivity index (χ3v) is 5.55. The first-order valence-electron chi connectivity index (χ1n) is 6.14. The molecular formula is C14H21OS+. The van der Waals surface area contributed by atoms with Crippen LogP contribution in [0.5, 0.6) is 5.75 Å². The van der Waals surface area contributed by atoms with Gasteiger partial charge in [0.1, 0.15) is 17.3 Å². The zero-order chi connectivity index (χ0) is 11.5. The Balaban J connectivity index is 2.28. The number of aryl methyl sites for hydroxylation is 2. The normalized spacial score (nSPS) is 16.7. The highest BCUT2D eigenvalue weighted by atomic mass is 32.2. The van der Waals surface area contributed by atoms with E-state index in [1.165, 1.54) is 35.5 Å². The fourth-order valence-corrected chi connectivity index (χ4v) is 4.81. The summed E-state index contributed by atoms with van der Waals surface area (Å²) in [5.41, 5.74) is 2.60. The second-order valence-corrected chi connectivity index (χ2v) is 6.70. The van der Waals surface area contributed by atoms with Gasteiger partial charge in [-0.25, -0.2) is 0 Å². The van der Waals surface area contributed by atoms with Crippen LogP contribution >= 0.6 is 0 Å². The Labute approximate surface area is 102 Å². The predicted molar refractivity (Wildman–Crippen MR) is 71.7 cm³/mol. The van der Waals surface area contributed by atoms with Gasteiger partial charge in [0.15, 0.2) is 4.90 Å². The third kappa shape index (κ3) is 2.37. The molecule has 1 heterocycles. The lowest BCUT2D eigenvalue weighted by Crippen LogP contribution is -2.06. The van der Waals surface area contributed by atoms with Gasteiger partial charge in [-0.15, -0.1) is 0 Å². The average Bonchev–Trinajstić information content (AvgIpc) is 2.76. The van der Waals surface area contributed by atoms with Gasteiger partial charge in [0.2, 0.25) is 0 Å². The maximum atomic E-state index is 5.69. The Morgan fingerprint density at radius 1 is 1.12 bits per heavy atom. The molecule has 0 radical (unpaired) electrons. The summed E-state index contributed by atoms with van der Waals surface area (Å²) in [6.07, 6.45) is 2.82. The molecule has 0 N–H and O–H groups in total. The van der Waals surface area contributed by atoms with Gasteiger partial charge in [0, 0.05) is 10.9 Å². The second-order valence-electron chi connectivity index (χ2n) is 4.43. The monoisotopic (exact) mass is 237 g/mol. The highest BCUT2D eigenvalue weighted by molar-refractivity contribution is 7.97. The van der Waals surface area contributed by atoms with Crippen LogP contribution in [-0.2, 0) is 10.9 Å². The zero-order valence-electron chi connectivity index (χ0n) is 10.5. The van der Waals surface area contributed by atoms with E-state index in [0.717, 1.165) is 12.4 Å². The van der Waals surface area contributed by atoms with Gasteiger partial charge in [0.25, 0.3) is 0 Å². The van der Waals surface area contributed by atoms with Crippen LogP contribution in [0, 0.1) is 13.8 Å². The van der Waals surface area contributed by atoms with Crippen LogP contribution in [0.4, 0.5) is 0 Å². The smallest absolute Gasteiger partial charge is 0.155 e. The van der Waals surface area contributed by atoms with E-state index in [2.05, 4.69) is 26.0 Å². The van der Waals surface area contributed by atoms with Crippen molar-refractivity contribution >= 4 is 10.9 Å². The fraction of sp³-hybridized carbons (Fsp3) is 0.571. The van der Waals surface area contributed by atoms with Crippen LogP contribution in [0.25, 0.3) is 0 Å². The van der Waals surface area contributed by atoms with E-state index >= 15 is 0 Å². The highest BCUT2D eigenvalue weighted by Gasteiger charge is 2.27. The van der Waals surface area contributed by atoms with Gasteiger partial charge in [0.05, 0.1) is 6.61 Å². The highest BCUT2D eigenvalue weighted by Crippen LogP contribution is 2.30. The number of benzene rings is 1. The second kappa shape index (κ2) is 5.13. The first-order valence-corrected chi connectivity index (χ1v) is 7.70. The Kier molecular flexibility index (Phi) is 3.80. The van der Waals surface area contributed by atoms with E-state index in [-0.39, 0.29) is 0 Å². The minimum Gasteiger partial charge on any atom is -0.493 e. The van der Waals surface area contributed by atoms with Crippen molar-refractivity contribution in [3.8, 4) is 5.75 Å². The summed E-state index contributed by atoms with van der Waals surface area (Å²) in [5.74, 6) is 3.88. The van der Waals surface area contributed by atoms with E-state index < -0.39 is 0 Å². The van der Waals surface area contributed by atoms with Crippen LogP contribution < -0.4 is 4.74 Å². The number of rotatable bonds is 3. The summed E-state index contributed by atoms with van der Waals surface area (Å²) in [7, 11) is 0.521. The molecule has 1 aromatic rings. The summed E-state index contributed by atoms with van der Waals surface area (Å²) in [5, 5.41) is 0. The number of hydrogen-bond acceptors (Lipinski definition) is 1. The van der Waals surface area contributed by atoms with Crippen molar-refractivity contribution in [2.24, 2.45) is 0 Å². The molecule has 1 nitrogen and oxygen atoms in total. The summed E-state index contributed by atoms with van der Waals surface area (Å²) in [4.78, 5) is 1.55. The minimum absolute atomic E-state index is 0.521. The first-order chi connectivity index (χ1) is 7.72. The maximum absolute atomic E-state index is 5.69. The molecule has 1 aliphatic heterocycles. The number of hydrogen-bond donors (Lipinski definition) is 0. The van der Waals surface area contributed by atoms with Crippen molar-refractivity contribution in [3.63, 3.8) is 0 Å². The van der Waals surface area contributed by atoms with Crippen LogP contribution in [0.1, 0.15) is 30.9 Å². The summed E-state index contributed by atoms with van der Waals surface area (Å²) in [6.45, 7) is 7.14. The molecule has 0 bridgehead atoms. The van der Waals surface area contributed by atoms with Crippen LogP contribution in [0.3, 0.4) is 0 Å². The standard InChI is InChI=1S/C14H21OS/c1-4-15-14-11(2)9-13(10-12(14)3)16-7-5-6-8-16/h9-10H,4-8H2,1-3H3/q+1. The van der Waals surface area contributed by atoms with Crippen LogP contribution in [0.2, 0.25) is 0 Å². The van der Waals surface area contributed by atoms with Crippen molar-refractivity contribution in [3.05, 3.63) is 23.3 Å². The summed E-state index contributed by atoms with van der Waals surface area (Å²) < 4.78 is 5.69. The van der Waals surface area contributed by atoms with Crippen molar-refractivity contribution in [1.29, 1.82) is 0 Å². The molecule has 88 valence electrons. The minimum atomic E-state index is 0.521. The maximum Gasteiger partial charge on any atom is 0.155 e. The summed E-state index contributed by atoms with van der Waals surface area (Å²) >= 11 is 0. The number of ether oxygens (including phenoxy) is 1. The molecule has 1 aliphatic rings. The molecule has 0 atom stereocenters. The fourth-order valence-electron chi connectivity index (χ4n) is 2.34. The van der Waals surface area contributed by atoms with E-state index in [4.69, 9.17) is 4.74 Å². The van der Waals surface area contributed by atoms with E-state index in [9.17, 15) is 0 Å². The molecule has 1 fully saturated rings. The largest absolute Gasteiger partial charge is 0.493 e. The Hall–Kier alpha value is -0.630. The van der Waals surface area contributed by atoms with Gasteiger partial charge in [-0.1, -0.05) is 0 Å². The van der Waals surface area contributed by atoms with Gasteiger partial charge < -0.3 is 4.74 Å². The molecule has 16 heavy (non-hydrogen) atoms. The molecule has 2 heteroatoms. The molecule has 0 unspecified atom stereocenters. The zero-order valence-corrected chi connectivity index (χ0v) is 11.3. The first kappa shape index (κ1) is 11.8. The van der Waals surface area contributed by atoms with E-state index in [1.807, 2.05) is 6.92 Å². The van der Waals surface area contributed by atoms with Crippen LogP contribution in [-0.4, -0.2) is 18.1 Å². The molecular weight excluding hydrogens is 216 g/mol. The van der Waals surface area contributed by atoms with Gasteiger partial charge in [-0.3, -0.25) is 0 Å². The molecule has 0 aliphatic carbocycles. The average molecular weight is 237 g/mol. The lowest BCUT2D eigenvalue weighted by molar-refractivity contribution is 0.335. The lowest BCUT2D eigenvalue weighted by Gasteiger charge is -2.11. The molecule has 1 aromatic carbocycles.